The van der Waals surface area contributed by atoms with Crippen LogP contribution in [0.15, 0.2) is 0 Å². The number of hydrogen-bond donors (Lipinski definition) is 3. The summed E-state index contributed by atoms with van der Waals surface area (Å²) in [7, 11) is 0. The van der Waals surface area contributed by atoms with Gasteiger partial charge < -0.3 is 15.7 Å². The van der Waals surface area contributed by atoms with Crippen LogP contribution in [0, 0.1) is 5.92 Å². The number of carboxylic acid groups (broad SMARTS) is 1. The summed E-state index contributed by atoms with van der Waals surface area (Å²) in [5.74, 6) is -0.298. The van der Waals surface area contributed by atoms with E-state index in [2.05, 4.69) is 10.6 Å². The minimum atomic E-state index is -1.02. The summed E-state index contributed by atoms with van der Waals surface area (Å²) < 4.78 is 0. The van der Waals surface area contributed by atoms with Crippen LogP contribution in [0.5, 0.6) is 0 Å². The van der Waals surface area contributed by atoms with Crippen LogP contribution in [0.3, 0.4) is 0 Å². The quantitative estimate of drug-likeness (QED) is 0.687. The van der Waals surface area contributed by atoms with Crippen LogP contribution in [-0.4, -0.2) is 29.7 Å². The normalized spacial score (nSPS) is 18.4. The van der Waals surface area contributed by atoms with Gasteiger partial charge in [-0.2, -0.15) is 0 Å². The van der Waals surface area contributed by atoms with E-state index in [0.29, 0.717) is 6.54 Å². The Labute approximate surface area is 102 Å². The summed E-state index contributed by atoms with van der Waals surface area (Å²) in [6, 6.07) is -1.24. The van der Waals surface area contributed by atoms with E-state index in [9.17, 15) is 9.59 Å². The molecular weight excluding hydrogens is 220 g/mol. The first-order valence-corrected chi connectivity index (χ1v) is 6.36. The molecule has 0 aromatic rings. The molecule has 2 amide bonds. The number of hydrogen-bond acceptors (Lipinski definition) is 2. The molecule has 3 N–H and O–H groups in total. The molecule has 1 saturated carbocycles. The Hall–Kier alpha value is -1.26. The zero-order valence-electron chi connectivity index (χ0n) is 10.4. The van der Waals surface area contributed by atoms with Crippen molar-refractivity contribution in [1.82, 2.24) is 10.6 Å². The molecule has 98 valence electrons. The average molecular weight is 242 g/mol. The molecule has 1 aliphatic rings. The van der Waals surface area contributed by atoms with Crippen molar-refractivity contribution in [3.8, 4) is 0 Å². The largest absolute Gasteiger partial charge is 0.480 e. The fourth-order valence-corrected chi connectivity index (χ4v) is 2.18. The molecule has 0 saturated heterocycles. The van der Waals surface area contributed by atoms with E-state index in [-0.39, 0.29) is 0 Å². The van der Waals surface area contributed by atoms with E-state index in [1.54, 1.807) is 0 Å². The number of carboxylic acids is 1. The maximum atomic E-state index is 11.3. The lowest BCUT2D eigenvalue weighted by Gasteiger charge is -2.21. The maximum Gasteiger partial charge on any atom is 0.325 e. The van der Waals surface area contributed by atoms with Crippen molar-refractivity contribution in [2.24, 2.45) is 5.92 Å². The molecule has 1 fully saturated rings. The predicted octanol–water partition coefficient (Wildman–Crippen LogP) is 1.73. The van der Waals surface area contributed by atoms with E-state index in [1.807, 2.05) is 0 Å². The Morgan fingerprint density at radius 1 is 1.29 bits per heavy atom. The molecule has 0 aromatic carbocycles. The standard InChI is InChI=1S/C12H22N2O3/c1-9(11(15)16)14-12(17)13-8-7-10-5-3-2-4-6-10/h9-10H,2-8H2,1H3,(H,15,16)(H2,13,14,17)/t9-/m0/s1. The Morgan fingerprint density at radius 2 is 1.94 bits per heavy atom. The lowest BCUT2D eigenvalue weighted by atomic mass is 9.87. The number of amides is 2. The minimum Gasteiger partial charge on any atom is -0.480 e. The first-order chi connectivity index (χ1) is 8.09. The first-order valence-electron chi connectivity index (χ1n) is 6.36. The van der Waals surface area contributed by atoms with Gasteiger partial charge in [-0.3, -0.25) is 4.79 Å². The van der Waals surface area contributed by atoms with E-state index < -0.39 is 18.0 Å². The number of nitrogens with one attached hydrogen (secondary N) is 2. The Bertz CT molecular complexity index is 262. The van der Waals surface area contributed by atoms with Gasteiger partial charge in [-0.1, -0.05) is 32.1 Å². The number of carbonyl (C=O) groups excluding carboxylic acids is 1. The fourth-order valence-electron chi connectivity index (χ4n) is 2.18. The van der Waals surface area contributed by atoms with Gasteiger partial charge in [0.05, 0.1) is 0 Å². The maximum absolute atomic E-state index is 11.3. The van der Waals surface area contributed by atoms with Gasteiger partial charge in [0.2, 0.25) is 0 Å². The summed E-state index contributed by atoms with van der Waals surface area (Å²) in [5.41, 5.74) is 0. The van der Waals surface area contributed by atoms with Crippen molar-refractivity contribution >= 4 is 12.0 Å². The third kappa shape index (κ3) is 5.56. The summed E-state index contributed by atoms with van der Waals surface area (Å²) in [5, 5.41) is 13.7. The number of aliphatic carboxylic acids is 1. The second kappa shape index (κ2) is 7.14. The van der Waals surface area contributed by atoms with Gasteiger partial charge in [-0.05, 0) is 19.3 Å². The van der Waals surface area contributed by atoms with Crippen molar-refractivity contribution < 1.29 is 14.7 Å². The van der Waals surface area contributed by atoms with E-state index in [1.165, 1.54) is 39.0 Å². The second-order valence-corrected chi connectivity index (χ2v) is 4.75. The Kier molecular flexibility index (Phi) is 5.80. The molecule has 1 atom stereocenters. The monoisotopic (exact) mass is 242 g/mol. The van der Waals surface area contributed by atoms with Gasteiger partial charge in [-0.25, -0.2) is 4.79 Å². The number of rotatable bonds is 5. The van der Waals surface area contributed by atoms with Crippen LogP contribution in [0.25, 0.3) is 0 Å². The van der Waals surface area contributed by atoms with E-state index in [0.717, 1.165) is 12.3 Å². The van der Waals surface area contributed by atoms with Crippen LogP contribution in [0.4, 0.5) is 4.79 Å². The van der Waals surface area contributed by atoms with Gasteiger partial charge in [0.1, 0.15) is 6.04 Å². The van der Waals surface area contributed by atoms with Gasteiger partial charge in [0, 0.05) is 6.54 Å². The highest BCUT2D eigenvalue weighted by molar-refractivity contribution is 5.82. The van der Waals surface area contributed by atoms with Crippen LogP contribution < -0.4 is 10.6 Å². The summed E-state index contributed by atoms with van der Waals surface area (Å²) in [6.07, 6.45) is 7.44. The number of carbonyl (C=O) groups is 2. The molecule has 0 aromatic heterocycles. The van der Waals surface area contributed by atoms with Gasteiger partial charge >= 0.3 is 12.0 Å². The molecule has 17 heavy (non-hydrogen) atoms. The third-order valence-electron chi connectivity index (χ3n) is 3.28. The predicted molar refractivity (Wildman–Crippen MR) is 64.8 cm³/mol. The lowest BCUT2D eigenvalue weighted by molar-refractivity contribution is -0.138. The molecular formula is C12H22N2O3. The molecule has 0 spiro atoms. The van der Waals surface area contributed by atoms with Crippen LogP contribution >= 0.6 is 0 Å². The topological polar surface area (TPSA) is 78.4 Å². The van der Waals surface area contributed by atoms with E-state index in [4.69, 9.17) is 5.11 Å². The van der Waals surface area contributed by atoms with Gasteiger partial charge in [0.25, 0.3) is 0 Å². The molecule has 0 aliphatic heterocycles. The summed E-state index contributed by atoms with van der Waals surface area (Å²) >= 11 is 0. The Balaban J connectivity index is 2.09. The zero-order chi connectivity index (χ0) is 12.7. The molecule has 0 radical (unpaired) electrons. The highest BCUT2D eigenvalue weighted by Crippen LogP contribution is 2.25. The highest BCUT2D eigenvalue weighted by atomic mass is 16.4. The third-order valence-corrected chi connectivity index (χ3v) is 3.28. The average Bonchev–Trinajstić information content (AvgIpc) is 2.30. The van der Waals surface area contributed by atoms with Gasteiger partial charge in [-0.15, -0.1) is 0 Å². The molecule has 5 nitrogen and oxygen atoms in total. The van der Waals surface area contributed by atoms with Gasteiger partial charge in [0.15, 0.2) is 0 Å². The SMILES string of the molecule is C[C@H](NC(=O)NCCC1CCCCC1)C(=O)O. The van der Waals surface area contributed by atoms with Crippen molar-refractivity contribution in [3.05, 3.63) is 0 Å². The van der Waals surface area contributed by atoms with Crippen molar-refractivity contribution in [2.45, 2.75) is 51.5 Å². The molecule has 5 heteroatoms. The molecule has 0 bridgehead atoms. The summed E-state index contributed by atoms with van der Waals surface area (Å²) in [6.45, 7) is 2.08. The molecule has 0 heterocycles. The van der Waals surface area contributed by atoms with Crippen LogP contribution in [0.1, 0.15) is 45.4 Å². The molecule has 1 rings (SSSR count). The summed E-state index contributed by atoms with van der Waals surface area (Å²) in [4.78, 5) is 21.8. The van der Waals surface area contributed by atoms with Crippen LogP contribution in [0.2, 0.25) is 0 Å². The van der Waals surface area contributed by atoms with Crippen molar-refractivity contribution in [2.75, 3.05) is 6.54 Å². The first kappa shape index (κ1) is 13.8. The highest BCUT2D eigenvalue weighted by Gasteiger charge is 2.15. The molecule has 0 unspecified atom stereocenters. The van der Waals surface area contributed by atoms with Crippen molar-refractivity contribution in [1.29, 1.82) is 0 Å². The smallest absolute Gasteiger partial charge is 0.325 e. The molecule has 1 aliphatic carbocycles. The lowest BCUT2D eigenvalue weighted by Crippen LogP contribution is -2.44. The second-order valence-electron chi connectivity index (χ2n) is 4.75. The Morgan fingerprint density at radius 3 is 2.53 bits per heavy atom. The van der Waals surface area contributed by atoms with Crippen LogP contribution in [-0.2, 0) is 4.79 Å². The van der Waals surface area contributed by atoms with Crippen molar-refractivity contribution in [3.63, 3.8) is 0 Å². The fraction of sp³-hybridized carbons (Fsp3) is 0.833. The van der Waals surface area contributed by atoms with E-state index >= 15 is 0 Å². The zero-order valence-corrected chi connectivity index (χ0v) is 10.4. The number of urea groups is 1. The minimum absolute atomic E-state index is 0.393.